The molecule has 0 aromatic carbocycles. The highest BCUT2D eigenvalue weighted by Crippen LogP contribution is 2.21. The lowest BCUT2D eigenvalue weighted by Crippen LogP contribution is -2.49. The van der Waals surface area contributed by atoms with Crippen LogP contribution in [-0.4, -0.2) is 60.5 Å². The van der Waals surface area contributed by atoms with E-state index in [1.165, 1.54) is 4.88 Å². The molecule has 2 heterocycles. The summed E-state index contributed by atoms with van der Waals surface area (Å²) in [5.41, 5.74) is 1.83. The molecule has 1 N–H and O–H groups in total. The van der Waals surface area contributed by atoms with Crippen molar-refractivity contribution in [2.75, 3.05) is 39.8 Å². The van der Waals surface area contributed by atoms with Crippen LogP contribution in [0.15, 0.2) is 11.7 Å². The Bertz CT molecular complexity index is 375. The first-order valence-corrected chi connectivity index (χ1v) is 7.13. The summed E-state index contributed by atoms with van der Waals surface area (Å²) in [7, 11) is 1.99. The summed E-state index contributed by atoms with van der Waals surface area (Å²) in [6.45, 7) is 6.03. The molecule has 1 aliphatic rings. The highest BCUT2D eigenvalue weighted by Gasteiger charge is 2.21. The number of nitrogens with zero attached hydrogens (tertiary/aromatic N) is 3. The predicted molar refractivity (Wildman–Crippen MR) is 72.6 cm³/mol. The van der Waals surface area contributed by atoms with Crippen molar-refractivity contribution in [2.45, 2.75) is 13.0 Å². The SMILES string of the molecule is CC(c1cncs1)N(C)CC(=O)N1CCNCC1. The van der Waals surface area contributed by atoms with Crippen LogP contribution in [0.1, 0.15) is 17.8 Å². The van der Waals surface area contributed by atoms with Gasteiger partial charge in [0.2, 0.25) is 5.91 Å². The quantitative estimate of drug-likeness (QED) is 0.867. The van der Waals surface area contributed by atoms with E-state index in [1.54, 1.807) is 11.3 Å². The van der Waals surface area contributed by atoms with Gasteiger partial charge in [-0.3, -0.25) is 14.7 Å². The molecule has 1 aromatic heterocycles. The summed E-state index contributed by atoms with van der Waals surface area (Å²) < 4.78 is 0. The van der Waals surface area contributed by atoms with Crippen molar-refractivity contribution in [3.05, 3.63) is 16.6 Å². The first-order valence-electron chi connectivity index (χ1n) is 6.25. The van der Waals surface area contributed by atoms with Crippen molar-refractivity contribution in [3.63, 3.8) is 0 Å². The molecule has 1 fully saturated rings. The van der Waals surface area contributed by atoms with Gasteiger partial charge in [0.15, 0.2) is 0 Å². The van der Waals surface area contributed by atoms with E-state index in [9.17, 15) is 4.79 Å². The van der Waals surface area contributed by atoms with Crippen molar-refractivity contribution in [2.24, 2.45) is 0 Å². The minimum absolute atomic E-state index is 0.218. The Labute approximate surface area is 112 Å². The molecule has 0 bridgehead atoms. The van der Waals surface area contributed by atoms with Crippen molar-refractivity contribution < 1.29 is 4.79 Å². The predicted octanol–water partition coefficient (Wildman–Crippen LogP) is 0.568. The number of hydrogen-bond donors (Lipinski definition) is 1. The molecule has 1 unspecified atom stereocenters. The highest BCUT2D eigenvalue weighted by atomic mass is 32.1. The second-order valence-electron chi connectivity index (χ2n) is 4.63. The maximum Gasteiger partial charge on any atom is 0.236 e. The zero-order chi connectivity index (χ0) is 13.0. The number of amides is 1. The van der Waals surface area contributed by atoms with Crippen LogP contribution in [-0.2, 0) is 4.79 Å². The summed E-state index contributed by atoms with van der Waals surface area (Å²) in [6, 6.07) is 0.240. The number of rotatable bonds is 4. The number of piperazine rings is 1. The average molecular weight is 268 g/mol. The van der Waals surface area contributed by atoms with E-state index in [1.807, 2.05) is 23.7 Å². The summed E-state index contributed by atoms with van der Waals surface area (Å²) in [5.74, 6) is 0.218. The lowest BCUT2D eigenvalue weighted by atomic mass is 10.2. The van der Waals surface area contributed by atoms with Gasteiger partial charge in [0.1, 0.15) is 0 Å². The number of carbonyl (C=O) groups excluding carboxylic acids is 1. The van der Waals surface area contributed by atoms with Gasteiger partial charge in [-0.2, -0.15) is 0 Å². The van der Waals surface area contributed by atoms with E-state index in [2.05, 4.69) is 22.1 Å². The highest BCUT2D eigenvalue weighted by molar-refractivity contribution is 7.09. The van der Waals surface area contributed by atoms with Crippen LogP contribution in [0.2, 0.25) is 0 Å². The molecule has 18 heavy (non-hydrogen) atoms. The van der Waals surface area contributed by atoms with Crippen molar-refractivity contribution in [1.82, 2.24) is 20.1 Å². The van der Waals surface area contributed by atoms with Gasteiger partial charge in [0.05, 0.1) is 12.1 Å². The van der Waals surface area contributed by atoms with Crippen LogP contribution in [0.4, 0.5) is 0 Å². The smallest absolute Gasteiger partial charge is 0.236 e. The number of nitrogens with one attached hydrogen (secondary N) is 1. The molecule has 1 saturated heterocycles. The molecule has 6 heteroatoms. The molecule has 0 radical (unpaired) electrons. The third-order valence-corrected chi connectivity index (χ3v) is 4.32. The van der Waals surface area contributed by atoms with Crippen molar-refractivity contribution in [3.8, 4) is 0 Å². The van der Waals surface area contributed by atoms with Gasteiger partial charge in [0.25, 0.3) is 0 Å². The van der Waals surface area contributed by atoms with Gasteiger partial charge in [-0.25, -0.2) is 0 Å². The molecule has 0 aliphatic carbocycles. The molecular weight excluding hydrogens is 248 g/mol. The van der Waals surface area contributed by atoms with E-state index in [-0.39, 0.29) is 11.9 Å². The van der Waals surface area contributed by atoms with Gasteiger partial charge in [0, 0.05) is 43.3 Å². The fourth-order valence-corrected chi connectivity index (χ4v) is 2.76. The topological polar surface area (TPSA) is 48.5 Å². The van der Waals surface area contributed by atoms with Gasteiger partial charge >= 0.3 is 0 Å². The second-order valence-corrected chi connectivity index (χ2v) is 5.54. The van der Waals surface area contributed by atoms with Gasteiger partial charge < -0.3 is 10.2 Å². The normalized spacial score (nSPS) is 18.1. The molecule has 1 atom stereocenters. The maximum atomic E-state index is 12.1. The van der Waals surface area contributed by atoms with Gasteiger partial charge in [-0.15, -0.1) is 11.3 Å². The Kier molecular flexibility index (Phi) is 4.68. The number of thiazole rings is 1. The molecular formula is C12H20N4OS. The van der Waals surface area contributed by atoms with Crippen LogP contribution < -0.4 is 5.32 Å². The first-order chi connectivity index (χ1) is 8.68. The summed E-state index contributed by atoms with van der Waals surface area (Å²) in [6.07, 6.45) is 1.88. The van der Waals surface area contributed by atoms with E-state index < -0.39 is 0 Å². The van der Waals surface area contributed by atoms with Crippen LogP contribution in [0.3, 0.4) is 0 Å². The lowest BCUT2D eigenvalue weighted by molar-refractivity contribution is -0.133. The summed E-state index contributed by atoms with van der Waals surface area (Å²) >= 11 is 1.63. The number of hydrogen-bond acceptors (Lipinski definition) is 5. The summed E-state index contributed by atoms with van der Waals surface area (Å²) in [4.78, 5) is 21.4. The lowest BCUT2D eigenvalue weighted by Gasteiger charge is -2.30. The minimum atomic E-state index is 0.218. The average Bonchev–Trinajstić information content (AvgIpc) is 2.92. The zero-order valence-corrected chi connectivity index (χ0v) is 11.7. The number of carbonyl (C=O) groups is 1. The molecule has 5 nitrogen and oxygen atoms in total. The Morgan fingerprint density at radius 3 is 2.94 bits per heavy atom. The van der Waals surface area contributed by atoms with E-state index in [0.29, 0.717) is 6.54 Å². The first kappa shape index (κ1) is 13.5. The molecule has 1 aromatic rings. The molecule has 0 spiro atoms. The van der Waals surface area contributed by atoms with Crippen LogP contribution in [0.5, 0.6) is 0 Å². The fraction of sp³-hybridized carbons (Fsp3) is 0.667. The van der Waals surface area contributed by atoms with E-state index in [4.69, 9.17) is 0 Å². The number of aromatic nitrogens is 1. The van der Waals surface area contributed by atoms with Gasteiger partial charge in [-0.1, -0.05) is 0 Å². The van der Waals surface area contributed by atoms with Crippen LogP contribution >= 0.6 is 11.3 Å². The monoisotopic (exact) mass is 268 g/mol. The fourth-order valence-electron chi connectivity index (χ4n) is 2.01. The third kappa shape index (κ3) is 3.28. The standard InChI is InChI=1S/C12H20N4OS/c1-10(11-7-14-9-18-11)15(2)8-12(17)16-5-3-13-4-6-16/h7,9-10,13H,3-6,8H2,1-2H3. The largest absolute Gasteiger partial charge is 0.339 e. The molecule has 1 aliphatic heterocycles. The molecule has 1 amide bonds. The van der Waals surface area contributed by atoms with Gasteiger partial charge in [-0.05, 0) is 14.0 Å². The van der Waals surface area contributed by atoms with Crippen molar-refractivity contribution >= 4 is 17.2 Å². The zero-order valence-electron chi connectivity index (χ0n) is 10.9. The van der Waals surface area contributed by atoms with E-state index >= 15 is 0 Å². The molecule has 2 rings (SSSR count). The Morgan fingerprint density at radius 1 is 1.61 bits per heavy atom. The van der Waals surface area contributed by atoms with Crippen molar-refractivity contribution in [1.29, 1.82) is 0 Å². The Morgan fingerprint density at radius 2 is 2.33 bits per heavy atom. The minimum Gasteiger partial charge on any atom is -0.339 e. The maximum absolute atomic E-state index is 12.1. The van der Waals surface area contributed by atoms with Crippen LogP contribution in [0.25, 0.3) is 0 Å². The summed E-state index contributed by atoms with van der Waals surface area (Å²) in [5, 5.41) is 3.25. The Hall–Kier alpha value is -0.980. The van der Waals surface area contributed by atoms with Crippen LogP contribution in [0, 0.1) is 0 Å². The third-order valence-electron chi connectivity index (χ3n) is 3.38. The van der Waals surface area contributed by atoms with E-state index in [0.717, 1.165) is 26.2 Å². The molecule has 100 valence electrons. The Balaban J connectivity index is 1.86. The second kappa shape index (κ2) is 6.26. The number of likely N-dealkylation sites (N-methyl/N-ethyl adjacent to an activating group) is 1. The molecule has 0 saturated carbocycles.